The predicted octanol–water partition coefficient (Wildman–Crippen LogP) is 3.08. The molecule has 0 aliphatic carbocycles. The summed E-state index contributed by atoms with van der Waals surface area (Å²) < 4.78 is 5.52. The number of nitrogens with one attached hydrogen (secondary N) is 1. The van der Waals surface area contributed by atoms with E-state index in [4.69, 9.17) is 4.74 Å². The van der Waals surface area contributed by atoms with Gasteiger partial charge in [0.2, 0.25) is 5.91 Å². The molecule has 0 spiro atoms. The minimum Gasteiger partial charge on any atom is -0.496 e. The summed E-state index contributed by atoms with van der Waals surface area (Å²) in [5, 5.41) is 3.19. The Morgan fingerprint density at radius 2 is 1.89 bits per heavy atom. The first-order valence-electron chi connectivity index (χ1n) is 9.95. The van der Waals surface area contributed by atoms with E-state index < -0.39 is 0 Å². The van der Waals surface area contributed by atoms with E-state index in [0.717, 1.165) is 37.2 Å². The number of hydrogen-bond acceptors (Lipinski definition) is 4. The average molecular weight is 382 g/mol. The van der Waals surface area contributed by atoms with E-state index in [-0.39, 0.29) is 18.0 Å². The van der Waals surface area contributed by atoms with Crippen LogP contribution in [0.4, 0.5) is 0 Å². The minimum atomic E-state index is -0.0549. The smallest absolute Gasteiger partial charge is 0.237 e. The van der Waals surface area contributed by atoms with Crippen LogP contribution in [0.15, 0.2) is 54.6 Å². The fourth-order valence-electron chi connectivity index (χ4n) is 3.96. The van der Waals surface area contributed by atoms with Crippen LogP contribution in [-0.2, 0) is 11.3 Å². The molecule has 3 rings (SSSR count). The molecule has 1 fully saturated rings. The summed E-state index contributed by atoms with van der Waals surface area (Å²) in [5.74, 6) is 0.970. The fraction of sp³-hybridized carbons (Fsp3) is 0.435. The normalized spacial score (nSPS) is 18.2. The first-order valence-corrected chi connectivity index (χ1v) is 9.95. The number of amides is 1. The lowest BCUT2D eigenvalue weighted by molar-refractivity contribution is -0.125. The maximum Gasteiger partial charge on any atom is 0.237 e. The first kappa shape index (κ1) is 20.4. The van der Waals surface area contributed by atoms with Crippen molar-refractivity contribution in [3.8, 4) is 5.75 Å². The number of methoxy groups -OCH3 is 1. The molecule has 1 aliphatic heterocycles. The Morgan fingerprint density at radius 1 is 1.18 bits per heavy atom. The largest absolute Gasteiger partial charge is 0.496 e. The average Bonchev–Trinajstić information content (AvgIpc) is 3.17. The van der Waals surface area contributed by atoms with Crippen molar-refractivity contribution >= 4 is 5.91 Å². The highest BCUT2D eigenvalue weighted by Crippen LogP contribution is 2.27. The van der Waals surface area contributed by atoms with E-state index in [2.05, 4.69) is 45.4 Å². The summed E-state index contributed by atoms with van der Waals surface area (Å²) in [5.41, 5.74) is 2.34. The zero-order valence-corrected chi connectivity index (χ0v) is 17.1. The standard InChI is InChI=1S/C23H31N3O2/c1-25(2)21(19-12-7-8-14-22(19)28-3)16-24-23(27)20-13-9-15-26(20)17-18-10-5-4-6-11-18/h4-8,10-12,14,20-21H,9,13,15-17H2,1-3H3,(H,24,27). The van der Waals surface area contributed by atoms with E-state index in [1.807, 2.05) is 38.4 Å². The van der Waals surface area contributed by atoms with Gasteiger partial charge in [-0.05, 0) is 45.1 Å². The van der Waals surface area contributed by atoms with Crippen LogP contribution in [0, 0.1) is 0 Å². The lowest BCUT2D eigenvalue weighted by atomic mass is 10.0. The first-order chi connectivity index (χ1) is 13.6. The lowest BCUT2D eigenvalue weighted by Crippen LogP contribution is -2.45. The molecule has 1 amide bonds. The number of carbonyl (C=O) groups is 1. The van der Waals surface area contributed by atoms with Crippen LogP contribution in [0.1, 0.15) is 30.0 Å². The monoisotopic (exact) mass is 381 g/mol. The molecule has 2 aromatic carbocycles. The third-order valence-electron chi connectivity index (χ3n) is 5.49. The molecule has 5 nitrogen and oxygen atoms in total. The van der Waals surface area contributed by atoms with Gasteiger partial charge >= 0.3 is 0 Å². The number of carbonyl (C=O) groups excluding carboxylic acids is 1. The van der Waals surface area contributed by atoms with Gasteiger partial charge in [-0.15, -0.1) is 0 Å². The zero-order valence-electron chi connectivity index (χ0n) is 17.1. The number of ether oxygens (including phenoxy) is 1. The molecule has 1 N–H and O–H groups in total. The van der Waals surface area contributed by atoms with Crippen molar-refractivity contribution in [2.45, 2.75) is 31.5 Å². The van der Waals surface area contributed by atoms with Crippen molar-refractivity contribution in [1.29, 1.82) is 0 Å². The minimum absolute atomic E-state index is 0.0549. The topological polar surface area (TPSA) is 44.8 Å². The molecule has 1 heterocycles. The molecular formula is C23H31N3O2. The second kappa shape index (κ2) is 9.71. The molecule has 150 valence electrons. The van der Waals surface area contributed by atoms with E-state index in [1.165, 1.54) is 5.56 Å². The Morgan fingerprint density at radius 3 is 2.61 bits per heavy atom. The second-order valence-electron chi connectivity index (χ2n) is 7.58. The van der Waals surface area contributed by atoms with Crippen molar-refractivity contribution in [3.63, 3.8) is 0 Å². The number of para-hydroxylation sites is 1. The van der Waals surface area contributed by atoms with Gasteiger partial charge < -0.3 is 15.0 Å². The summed E-state index contributed by atoms with van der Waals surface area (Å²) in [6.07, 6.45) is 1.98. The maximum absolute atomic E-state index is 13.0. The number of hydrogen-bond donors (Lipinski definition) is 1. The Kier molecular flexibility index (Phi) is 7.06. The quantitative estimate of drug-likeness (QED) is 0.763. The van der Waals surface area contributed by atoms with Crippen LogP contribution in [0.3, 0.4) is 0 Å². The molecule has 1 aliphatic rings. The Balaban J connectivity index is 1.64. The molecule has 2 atom stereocenters. The van der Waals surface area contributed by atoms with Crippen molar-refractivity contribution in [2.75, 3.05) is 34.3 Å². The van der Waals surface area contributed by atoms with E-state index in [9.17, 15) is 4.79 Å². The van der Waals surface area contributed by atoms with E-state index in [1.54, 1.807) is 7.11 Å². The van der Waals surface area contributed by atoms with Gasteiger partial charge in [0.15, 0.2) is 0 Å². The molecule has 28 heavy (non-hydrogen) atoms. The number of benzene rings is 2. The summed E-state index contributed by atoms with van der Waals surface area (Å²) in [6, 6.07) is 18.4. The van der Waals surface area contributed by atoms with Crippen molar-refractivity contribution in [3.05, 3.63) is 65.7 Å². The molecule has 0 saturated carbocycles. The fourth-order valence-corrected chi connectivity index (χ4v) is 3.96. The zero-order chi connectivity index (χ0) is 19.9. The number of likely N-dealkylation sites (tertiary alicyclic amines) is 1. The van der Waals surface area contributed by atoms with Crippen LogP contribution in [0.2, 0.25) is 0 Å². The summed E-state index contributed by atoms with van der Waals surface area (Å²) in [6.45, 7) is 2.35. The Labute approximate surface area is 168 Å². The van der Waals surface area contributed by atoms with Crippen molar-refractivity contribution in [1.82, 2.24) is 15.1 Å². The SMILES string of the molecule is COc1ccccc1C(CNC(=O)C1CCCN1Cc1ccccc1)N(C)C. The van der Waals surface area contributed by atoms with Crippen LogP contribution in [-0.4, -0.2) is 56.0 Å². The van der Waals surface area contributed by atoms with Crippen LogP contribution >= 0.6 is 0 Å². The van der Waals surface area contributed by atoms with Gasteiger partial charge in [-0.2, -0.15) is 0 Å². The molecule has 0 aromatic heterocycles. The molecule has 1 saturated heterocycles. The van der Waals surface area contributed by atoms with E-state index >= 15 is 0 Å². The van der Waals surface area contributed by atoms with Gasteiger partial charge in [0, 0.05) is 18.7 Å². The van der Waals surface area contributed by atoms with Gasteiger partial charge in [-0.1, -0.05) is 48.5 Å². The summed E-state index contributed by atoms with van der Waals surface area (Å²) in [4.78, 5) is 17.4. The maximum atomic E-state index is 13.0. The molecule has 2 unspecified atom stereocenters. The van der Waals surface area contributed by atoms with E-state index in [0.29, 0.717) is 6.54 Å². The van der Waals surface area contributed by atoms with Crippen molar-refractivity contribution < 1.29 is 9.53 Å². The van der Waals surface area contributed by atoms with Gasteiger partial charge in [0.25, 0.3) is 0 Å². The third kappa shape index (κ3) is 4.91. The second-order valence-corrected chi connectivity index (χ2v) is 7.58. The highest BCUT2D eigenvalue weighted by Gasteiger charge is 2.31. The molecule has 5 heteroatoms. The van der Waals surface area contributed by atoms with Gasteiger partial charge in [-0.3, -0.25) is 9.69 Å². The Hall–Kier alpha value is -2.37. The molecule has 2 aromatic rings. The lowest BCUT2D eigenvalue weighted by Gasteiger charge is -2.28. The van der Waals surface area contributed by atoms with Crippen LogP contribution in [0.25, 0.3) is 0 Å². The van der Waals surface area contributed by atoms with Gasteiger partial charge in [0.05, 0.1) is 19.2 Å². The number of likely N-dealkylation sites (N-methyl/N-ethyl adjacent to an activating group) is 1. The Bertz CT molecular complexity index is 763. The van der Waals surface area contributed by atoms with Crippen LogP contribution < -0.4 is 10.1 Å². The van der Waals surface area contributed by atoms with Crippen LogP contribution in [0.5, 0.6) is 5.75 Å². The predicted molar refractivity (Wildman–Crippen MR) is 112 cm³/mol. The van der Waals surface area contributed by atoms with Gasteiger partial charge in [-0.25, -0.2) is 0 Å². The summed E-state index contributed by atoms with van der Waals surface area (Å²) >= 11 is 0. The number of rotatable bonds is 8. The molecule has 0 bridgehead atoms. The highest BCUT2D eigenvalue weighted by atomic mass is 16.5. The summed E-state index contributed by atoms with van der Waals surface area (Å²) in [7, 11) is 5.74. The highest BCUT2D eigenvalue weighted by molar-refractivity contribution is 5.82. The van der Waals surface area contributed by atoms with Crippen molar-refractivity contribution in [2.24, 2.45) is 0 Å². The number of nitrogens with zero attached hydrogens (tertiary/aromatic N) is 2. The molecule has 0 radical (unpaired) electrons. The molecular weight excluding hydrogens is 350 g/mol. The third-order valence-corrected chi connectivity index (χ3v) is 5.49. The van der Waals surface area contributed by atoms with Gasteiger partial charge in [0.1, 0.15) is 5.75 Å².